The first-order valence-corrected chi connectivity index (χ1v) is 10.1. The second-order valence-corrected chi connectivity index (χ2v) is 7.64. The summed E-state index contributed by atoms with van der Waals surface area (Å²) in [5.74, 6) is -1.86. The molecule has 0 unspecified atom stereocenters. The topological polar surface area (TPSA) is 122 Å². The highest BCUT2D eigenvalue weighted by Crippen LogP contribution is 2.24. The minimum atomic E-state index is -0.799. The number of carbonyl (C=O) groups is 5. The Kier molecular flexibility index (Phi) is 6.81. The van der Waals surface area contributed by atoms with E-state index in [1.165, 1.54) is 18.2 Å². The van der Waals surface area contributed by atoms with Crippen molar-refractivity contribution in [3.8, 4) is 0 Å². The van der Waals surface area contributed by atoms with E-state index >= 15 is 0 Å². The minimum absolute atomic E-state index is 0.0212. The van der Waals surface area contributed by atoms with Crippen molar-refractivity contribution < 1.29 is 28.7 Å². The zero-order chi connectivity index (χ0) is 21.7. The van der Waals surface area contributed by atoms with Crippen LogP contribution in [-0.4, -0.2) is 42.4 Å². The average molecular weight is 415 g/mol. The summed E-state index contributed by atoms with van der Waals surface area (Å²) in [4.78, 5) is 60.9. The molecule has 9 nitrogen and oxygen atoms in total. The lowest BCUT2D eigenvalue weighted by molar-refractivity contribution is -0.123. The number of rotatable bonds is 5. The van der Waals surface area contributed by atoms with Gasteiger partial charge in [0.15, 0.2) is 6.61 Å². The van der Waals surface area contributed by atoms with Crippen molar-refractivity contribution in [3.05, 3.63) is 29.8 Å². The van der Waals surface area contributed by atoms with E-state index in [4.69, 9.17) is 4.74 Å². The minimum Gasteiger partial charge on any atom is -0.452 e. The average Bonchev–Trinajstić information content (AvgIpc) is 3.06. The lowest BCUT2D eigenvalue weighted by Crippen LogP contribution is -2.48. The molecule has 0 bridgehead atoms. The molecular formula is C21H25N3O6. The number of carbonyl (C=O) groups excluding carboxylic acids is 5. The number of urea groups is 1. The Bertz CT molecular complexity index is 852. The van der Waals surface area contributed by atoms with E-state index in [0.29, 0.717) is 5.92 Å². The van der Waals surface area contributed by atoms with Crippen molar-refractivity contribution in [2.45, 2.75) is 51.5 Å². The third kappa shape index (κ3) is 5.22. The molecule has 2 aliphatic rings. The molecule has 3 rings (SSSR count). The molecule has 30 heavy (non-hydrogen) atoms. The van der Waals surface area contributed by atoms with E-state index in [9.17, 15) is 24.0 Å². The molecule has 2 N–H and O–H groups in total. The van der Waals surface area contributed by atoms with Crippen molar-refractivity contribution in [2.24, 2.45) is 5.92 Å². The largest absolute Gasteiger partial charge is 0.452 e. The molecule has 1 aromatic rings. The molecule has 0 spiro atoms. The van der Waals surface area contributed by atoms with Crippen LogP contribution in [0.5, 0.6) is 0 Å². The summed E-state index contributed by atoms with van der Waals surface area (Å²) in [7, 11) is 0. The zero-order valence-electron chi connectivity index (χ0n) is 16.8. The molecular weight excluding hydrogens is 390 g/mol. The molecule has 1 aliphatic carbocycles. The first-order chi connectivity index (χ1) is 14.3. The Morgan fingerprint density at radius 3 is 2.50 bits per heavy atom. The number of anilines is 1. The molecule has 0 radical (unpaired) electrons. The first kappa shape index (κ1) is 21.5. The summed E-state index contributed by atoms with van der Waals surface area (Å²) in [5, 5.41) is 4.94. The van der Waals surface area contributed by atoms with Crippen LogP contribution in [0.1, 0.15) is 55.8 Å². The van der Waals surface area contributed by atoms with Crippen molar-refractivity contribution in [1.82, 2.24) is 10.6 Å². The molecule has 5 amide bonds. The molecule has 2 fully saturated rings. The molecule has 1 aromatic carbocycles. The van der Waals surface area contributed by atoms with Gasteiger partial charge in [0.1, 0.15) is 0 Å². The Labute approximate surface area is 174 Å². The van der Waals surface area contributed by atoms with Gasteiger partial charge < -0.3 is 10.1 Å². The Balaban J connectivity index is 1.49. The van der Waals surface area contributed by atoms with Crippen molar-refractivity contribution in [2.75, 3.05) is 11.5 Å². The normalized spacial score (nSPS) is 21.3. The summed E-state index contributed by atoms with van der Waals surface area (Å²) in [6, 6.07) is 5.28. The fraction of sp³-hybridized carbons (Fsp3) is 0.476. The smallest absolute Gasteiger partial charge is 0.338 e. The summed E-state index contributed by atoms with van der Waals surface area (Å²) in [5.41, 5.74) is 0.371. The second-order valence-electron chi connectivity index (χ2n) is 7.64. The maximum absolute atomic E-state index is 12.2. The fourth-order valence-electron chi connectivity index (χ4n) is 3.75. The predicted molar refractivity (Wildman–Crippen MR) is 107 cm³/mol. The first-order valence-electron chi connectivity index (χ1n) is 10.1. The van der Waals surface area contributed by atoms with Gasteiger partial charge in [-0.15, -0.1) is 0 Å². The molecule has 9 heteroatoms. The highest BCUT2D eigenvalue weighted by molar-refractivity contribution is 6.20. The third-order valence-electron chi connectivity index (χ3n) is 5.41. The molecule has 2 atom stereocenters. The van der Waals surface area contributed by atoms with Gasteiger partial charge in [0.05, 0.1) is 11.3 Å². The van der Waals surface area contributed by atoms with Gasteiger partial charge in [-0.3, -0.25) is 24.6 Å². The Morgan fingerprint density at radius 1 is 1.10 bits per heavy atom. The number of esters is 1. The lowest BCUT2D eigenvalue weighted by Gasteiger charge is -2.29. The van der Waals surface area contributed by atoms with Crippen LogP contribution in [0.3, 0.4) is 0 Å². The predicted octanol–water partition coefficient (Wildman–Crippen LogP) is 1.90. The number of ether oxygens (including phenoxy) is 1. The van der Waals surface area contributed by atoms with E-state index < -0.39 is 24.5 Å². The number of nitrogens with one attached hydrogen (secondary N) is 2. The standard InChI is InChI=1S/C21H25N3O6/c1-13-5-2-3-8-16(13)22-21(29)23-17(25)12-30-20(28)14-6-4-7-15(11-14)24-18(26)9-10-19(24)27/h4,6-7,11,13,16H,2-3,5,8-10,12H2,1H3,(H2,22,23,25,29)/t13-,16+/m0/s1. The Morgan fingerprint density at radius 2 is 1.80 bits per heavy atom. The van der Waals surface area contributed by atoms with Crippen LogP contribution in [0.4, 0.5) is 10.5 Å². The third-order valence-corrected chi connectivity index (χ3v) is 5.41. The molecule has 160 valence electrons. The van der Waals surface area contributed by atoms with Crippen molar-refractivity contribution >= 4 is 35.4 Å². The van der Waals surface area contributed by atoms with Gasteiger partial charge in [-0.2, -0.15) is 0 Å². The number of amides is 5. The molecule has 1 aliphatic heterocycles. The summed E-state index contributed by atoms with van der Waals surface area (Å²) >= 11 is 0. The van der Waals surface area contributed by atoms with Gasteiger partial charge in [-0.1, -0.05) is 25.8 Å². The maximum atomic E-state index is 12.2. The zero-order valence-corrected chi connectivity index (χ0v) is 16.8. The number of imide groups is 2. The van der Waals surface area contributed by atoms with Crippen LogP contribution in [0.2, 0.25) is 0 Å². The number of hydrogen-bond acceptors (Lipinski definition) is 6. The van der Waals surface area contributed by atoms with Crippen LogP contribution in [0.15, 0.2) is 24.3 Å². The van der Waals surface area contributed by atoms with Gasteiger partial charge >= 0.3 is 12.0 Å². The molecule has 1 saturated carbocycles. The SMILES string of the molecule is C[C@H]1CCCC[C@H]1NC(=O)NC(=O)COC(=O)c1cccc(N2C(=O)CCC2=O)c1. The lowest BCUT2D eigenvalue weighted by atomic mass is 9.86. The Hall–Kier alpha value is -3.23. The van der Waals surface area contributed by atoms with E-state index in [0.717, 1.165) is 30.6 Å². The summed E-state index contributed by atoms with van der Waals surface area (Å²) < 4.78 is 4.95. The maximum Gasteiger partial charge on any atom is 0.338 e. The van der Waals surface area contributed by atoms with Crippen LogP contribution in [0.25, 0.3) is 0 Å². The molecule has 1 saturated heterocycles. The highest BCUT2D eigenvalue weighted by atomic mass is 16.5. The van der Waals surface area contributed by atoms with Gasteiger partial charge in [0, 0.05) is 18.9 Å². The van der Waals surface area contributed by atoms with E-state index in [-0.39, 0.29) is 41.9 Å². The quantitative estimate of drug-likeness (QED) is 0.560. The van der Waals surface area contributed by atoms with Crippen LogP contribution in [0, 0.1) is 5.92 Å². The van der Waals surface area contributed by atoms with E-state index in [1.807, 2.05) is 0 Å². The van der Waals surface area contributed by atoms with Crippen LogP contribution >= 0.6 is 0 Å². The second kappa shape index (κ2) is 9.51. The summed E-state index contributed by atoms with van der Waals surface area (Å²) in [6.07, 6.45) is 4.34. The van der Waals surface area contributed by atoms with Gasteiger partial charge in [0.25, 0.3) is 5.91 Å². The van der Waals surface area contributed by atoms with E-state index in [2.05, 4.69) is 17.6 Å². The monoisotopic (exact) mass is 415 g/mol. The van der Waals surface area contributed by atoms with Gasteiger partial charge in [-0.25, -0.2) is 9.59 Å². The van der Waals surface area contributed by atoms with E-state index in [1.54, 1.807) is 6.07 Å². The van der Waals surface area contributed by atoms with Gasteiger partial charge in [-0.05, 0) is 37.0 Å². The number of hydrogen-bond donors (Lipinski definition) is 2. The molecule has 0 aromatic heterocycles. The van der Waals surface area contributed by atoms with Crippen LogP contribution in [-0.2, 0) is 19.1 Å². The van der Waals surface area contributed by atoms with Crippen LogP contribution < -0.4 is 15.5 Å². The number of nitrogens with zero attached hydrogens (tertiary/aromatic N) is 1. The highest BCUT2D eigenvalue weighted by Gasteiger charge is 2.30. The van der Waals surface area contributed by atoms with Crippen molar-refractivity contribution in [3.63, 3.8) is 0 Å². The number of benzene rings is 1. The van der Waals surface area contributed by atoms with Crippen molar-refractivity contribution in [1.29, 1.82) is 0 Å². The summed E-state index contributed by atoms with van der Waals surface area (Å²) in [6.45, 7) is 1.43. The van der Waals surface area contributed by atoms with Gasteiger partial charge in [0.2, 0.25) is 11.8 Å². The fourth-order valence-corrected chi connectivity index (χ4v) is 3.75. The molecule has 1 heterocycles.